The molecule has 2 aliphatic rings. The number of fused-ring (bicyclic) bond motifs is 1. The molecule has 1 aromatic rings. The molecule has 0 unspecified atom stereocenters. The van der Waals surface area contributed by atoms with Crippen LogP contribution in [0, 0.1) is 5.92 Å². The highest BCUT2D eigenvalue weighted by atomic mass is 19.4. The van der Waals surface area contributed by atoms with Crippen molar-refractivity contribution in [3.8, 4) is 0 Å². The van der Waals surface area contributed by atoms with Crippen molar-refractivity contribution in [2.75, 3.05) is 11.5 Å². The number of ether oxygens (including phenoxy) is 1. The predicted molar refractivity (Wildman–Crippen MR) is 78.4 cm³/mol. The van der Waals surface area contributed by atoms with E-state index in [2.05, 4.69) is 10.5 Å². The summed E-state index contributed by atoms with van der Waals surface area (Å²) in [6.07, 6.45) is -4.62. The fourth-order valence-corrected chi connectivity index (χ4v) is 2.74. The van der Waals surface area contributed by atoms with Crippen molar-refractivity contribution >= 4 is 29.2 Å². The van der Waals surface area contributed by atoms with Gasteiger partial charge in [0, 0.05) is 0 Å². The van der Waals surface area contributed by atoms with E-state index in [4.69, 9.17) is 4.74 Å². The van der Waals surface area contributed by atoms with E-state index in [0.717, 1.165) is 12.1 Å². The van der Waals surface area contributed by atoms with Crippen LogP contribution in [0.1, 0.15) is 12.5 Å². The van der Waals surface area contributed by atoms with Crippen molar-refractivity contribution in [3.63, 3.8) is 0 Å². The number of nitrogens with one attached hydrogen (secondary N) is 1. The van der Waals surface area contributed by atoms with E-state index in [1.54, 1.807) is 6.92 Å². The second-order valence-corrected chi connectivity index (χ2v) is 5.36. The lowest BCUT2D eigenvalue weighted by Gasteiger charge is -2.17. The first-order chi connectivity index (χ1) is 11.8. The molecule has 1 saturated heterocycles. The highest BCUT2D eigenvalue weighted by molar-refractivity contribution is 6.46. The third-order valence-corrected chi connectivity index (χ3v) is 3.84. The number of carbonyl (C=O) groups is 3. The van der Waals surface area contributed by atoms with E-state index in [1.807, 2.05) is 0 Å². The zero-order valence-electron chi connectivity index (χ0n) is 12.8. The predicted octanol–water partition coefficient (Wildman–Crippen LogP) is 1.09. The molecule has 2 aliphatic heterocycles. The van der Waals surface area contributed by atoms with E-state index in [1.165, 1.54) is 6.07 Å². The number of nitrogens with zero attached hydrogens (tertiary/aromatic N) is 2. The molecule has 2 heterocycles. The summed E-state index contributed by atoms with van der Waals surface area (Å²) in [5, 5.41) is 3.67. The number of hydrogen-bond donors (Lipinski definition) is 1. The Hall–Kier alpha value is -2.91. The molecule has 3 rings (SSSR count). The Morgan fingerprint density at radius 1 is 1.32 bits per heavy atom. The van der Waals surface area contributed by atoms with Gasteiger partial charge in [0.2, 0.25) is 5.91 Å². The highest BCUT2D eigenvalue weighted by Gasteiger charge is 2.55. The minimum absolute atomic E-state index is 0.0503. The average Bonchev–Trinajstić information content (AvgIpc) is 3.08. The van der Waals surface area contributed by atoms with Gasteiger partial charge >= 0.3 is 12.1 Å². The Labute approximate surface area is 139 Å². The number of hydrogen-bond acceptors (Lipinski definition) is 6. The number of rotatable bonds is 3. The fraction of sp³-hybridized carbons (Fsp3) is 0.333. The summed E-state index contributed by atoms with van der Waals surface area (Å²) in [4.78, 5) is 37.5. The molecule has 2 amide bonds. The van der Waals surface area contributed by atoms with Gasteiger partial charge in [-0.05, 0) is 25.1 Å². The van der Waals surface area contributed by atoms with Crippen LogP contribution in [0.15, 0.2) is 29.4 Å². The van der Waals surface area contributed by atoms with Crippen molar-refractivity contribution in [3.05, 3.63) is 29.8 Å². The van der Waals surface area contributed by atoms with Gasteiger partial charge in [-0.3, -0.25) is 15.0 Å². The highest BCUT2D eigenvalue weighted by Crippen LogP contribution is 2.35. The van der Waals surface area contributed by atoms with E-state index < -0.39 is 41.5 Å². The summed E-state index contributed by atoms with van der Waals surface area (Å²) in [5.41, 5.74) is 0.912. The van der Waals surface area contributed by atoms with Crippen LogP contribution in [0.2, 0.25) is 0 Å². The molecule has 0 bridgehead atoms. The molecule has 1 aromatic carbocycles. The van der Waals surface area contributed by atoms with E-state index in [0.29, 0.717) is 11.0 Å². The van der Waals surface area contributed by atoms with E-state index >= 15 is 0 Å². The standard InChI is InChI=1S/C15H12F3N3O4/c1-2-25-14(24)11-9-10(19-20-11)13(23)21(12(9)22)8-5-3-4-7(6-8)15(16,17)18/h3-6,9-10,19H,2H2,1H3/t9-,10+/m1/s1. The van der Waals surface area contributed by atoms with Crippen molar-refractivity contribution in [1.82, 2.24) is 5.43 Å². The van der Waals surface area contributed by atoms with Gasteiger partial charge in [-0.1, -0.05) is 6.07 Å². The molecule has 0 aliphatic carbocycles. The van der Waals surface area contributed by atoms with Gasteiger partial charge in [0.15, 0.2) is 5.71 Å². The van der Waals surface area contributed by atoms with Crippen LogP contribution in [-0.4, -0.2) is 36.1 Å². The molecule has 0 radical (unpaired) electrons. The van der Waals surface area contributed by atoms with Crippen molar-refractivity contribution < 1.29 is 32.3 Å². The lowest BCUT2D eigenvalue weighted by molar-refractivity contribution is -0.137. The molecule has 0 saturated carbocycles. The lowest BCUT2D eigenvalue weighted by atomic mass is 9.99. The minimum Gasteiger partial charge on any atom is -0.461 e. The third kappa shape index (κ3) is 2.73. The van der Waals surface area contributed by atoms with Gasteiger partial charge in [-0.25, -0.2) is 9.69 Å². The smallest absolute Gasteiger partial charge is 0.416 e. The number of carbonyl (C=O) groups excluding carboxylic acids is 3. The van der Waals surface area contributed by atoms with Gasteiger partial charge < -0.3 is 4.74 Å². The molecule has 2 atom stereocenters. The summed E-state index contributed by atoms with van der Waals surface area (Å²) in [6, 6.07) is 2.71. The average molecular weight is 355 g/mol. The fourth-order valence-electron chi connectivity index (χ4n) is 2.74. The number of hydrazone groups is 1. The molecular formula is C15H12F3N3O4. The topological polar surface area (TPSA) is 88.1 Å². The first-order valence-electron chi connectivity index (χ1n) is 7.31. The first kappa shape index (κ1) is 16.9. The van der Waals surface area contributed by atoms with Gasteiger partial charge in [0.25, 0.3) is 5.91 Å². The lowest BCUT2D eigenvalue weighted by Crippen LogP contribution is -2.36. The first-order valence-corrected chi connectivity index (χ1v) is 7.31. The Kier molecular flexibility index (Phi) is 3.97. The number of halogens is 3. The molecule has 10 heteroatoms. The molecular weight excluding hydrogens is 343 g/mol. The summed E-state index contributed by atoms with van der Waals surface area (Å²) < 4.78 is 43.3. The summed E-state index contributed by atoms with van der Waals surface area (Å²) in [6.45, 7) is 1.61. The zero-order chi connectivity index (χ0) is 18.4. The monoisotopic (exact) mass is 355 g/mol. The third-order valence-electron chi connectivity index (χ3n) is 3.84. The van der Waals surface area contributed by atoms with Crippen molar-refractivity contribution in [2.45, 2.75) is 19.1 Å². The number of anilines is 1. The summed E-state index contributed by atoms with van der Waals surface area (Å²) in [7, 11) is 0. The normalized spacial score (nSPS) is 22.6. The summed E-state index contributed by atoms with van der Waals surface area (Å²) >= 11 is 0. The molecule has 7 nitrogen and oxygen atoms in total. The number of alkyl halides is 3. The molecule has 1 fully saturated rings. The summed E-state index contributed by atoms with van der Waals surface area (Å²) in [5.74, 6) is -3.68. The number of imide groups is 1. The van der Waals surface area contributed by atoms with E-state index in [-0.39, 0.29) is 18.0 Å². The second kappa shape index (κ2) is 5.87. The molecule has 132 valence electrons. The van der Waals surface area contributed by atoms with Crippen LogP contribution in [0.25, 0.3) is 0 Å². The molecule has 0 aromatic heterocycles. The second-order valence-electron chi connectivity index (χ2n) is 5.36. The van der Waals surface area contributed by atoms with Crippen LogP contribution in [0.5, 0.6) is 0 Å². The largest absolute Gasteiger partial charge is 0.461 e. The van der Waals surface area contributed by atoms with Gasteiger partial charge in [-0.2, -0.15) is 18.3 Å². The Balaban J connectivity index is 1.94. The SMILES string of the molecule is CCOC(=O)C1=NN[C@@H]2C(=O)N(c3cccc(C(F)(F)F)c3)C(=O)[C@@H]12. The van der Waals surface area contributed by atoms with Crippen LogP contribution in [0.4, 0.5) is 18.9 Å². The van der Waals surface area contributed by atoms with Crippen LogP contribution < -0.4 is 10.3 Å². The van der Waals surface area contributed by atoms with Gasteiger partial charge in [-0.15, -0.1) is 0 Å². The number of amides is 2. The van der Waals surface area contributed by atoms with Crippen LogP contribution in [0.3, 0.4) is 0 Å². The maximum absolute atomic E-state index is 12.9. The molecule has 0 spiro atoms. The maximum atomic E-state index is 12.9. The van der Waals surface area contributed by atoms with Crippen LogP contribution in [-0.2, 0) is 25.3 Å². The molecule has 25 heavy (non-hydrogen) atoms. The zero-order valence-corrected chi connectivity index (χ0v) is 12.8. The number of esters is 1. The minimum atomic E-state index is -4.62. The van der Waals surface area contributed by atoms with Crippen molar-refractivity contribution in [1.29, 1.82) is 0 Å². The Bertz CT molecular complexity index is 790. The van der Waals surface area contributed by atoms with E-state index in [9.17, 15) is 27.6 Å². The maximum Gasteiger partial charge on any atom is 0.416 e. The van der Waals surface area contributed by atoms with Crippen molar-refractivity contribution in [2.24, 2.45) is 11.0 Å². The van der Waals surface area contributed by atoms with Gasteiger partial charge in [0.1, 0.15) is 12.0 Å². The molecule has 1 N–H and O–H groups in total. The quantitative estimate of drug-likeness (QED) is 0.648. The Morgan fingerprint density at radius 2 is 2.04 bits per heavy atom. The van der Waals surface area contributed by atoms with Gasteiger partial charge in [0.05, 0.1) is 17.9 Å². The Morgan fingerprint density at radius 3 is 2.68 bits per heavy atom. The van der Waals surface area contributed by atoms with Crippen LogP contribution >= 0.6 is 0 Å². The number of benzene rings is 1.